The van der Waals surface area contributed by atoms with Crippen molar-refractivity contribution in [1.82, 2.24) is 15.6 Å². The van der Waals surface area contributed by atoms with E-state index in [2.05, 4.69) is 76.3 Å². The van der Waals surface area contributed by atoms with Gasteiger partial charge in [0.15, 0.2) is 24.1 Å². The lowest BCUT2D eigenvalue weighted by Crippen LogP contribution is -2.55. The molecule has 328 valence electrons. The molecular formula is C52H64N4O6. The predicted molar refractivity (Wildman–Crippen MR) is 245 cm³/mol. The number of aromatic hydroxyl groups is 1. The smallest absolute Gasteiger partial charge is 0.186 e. The second-order valence-electron chi connectivity index (χ2n) is 17.6. The summed E-state index contributed by atoms with van der Waals surface area (Å²) in [7, 11) is 0. The maximum absolute atomic E-state index is 13.4. The van der Waals surface area contributed by atoms with Crippen LogP contribution in [0.25, 0.3) is 5.57 Å². The monoisotopic (exact) mass is 840 g/mol. The molecule has 10 heteroatoms. The molecule has 10 nitrogen and oxygen atoms in total. The normalized spacial score (nSPS) is 20.9. The quantitative estimate of drug-likeness (QED) is 0.0168. The summed E-state index contributed by atoms with van der Waals surface area (Å²) in [4.78, 5) is 30.9. The molecule has 2 aliphatic heterocycles. The molecule has 4 aromatic rings. The van der Waals surface area contributed by atoms with Crippen molar-refractivity contribution in [2.24, 2.45) is 23.7 Å². The first kappa shape index (κ1) is 44.9. The Bertz CT molecular complexity index is 2190. The Morgan fingerprint density at radius 2 is 1.68 bits per heavy atom. The van der Waals surface area contributed by atoms with E-state index in [0.29, 0.717) is 54.1 Å². The average molecular weight is 841 g/mol. The number of phenolic OH excluding ortho intramolecular Hbond substituents is 1. The summed E-state index contributed by atoms with van der Waals surface area (Å²) < 4.78 is 5.30. The zero-order valence-electron chi connectivity index (χ0n) is 35.9. The number of anilines is 1. The zero-order valence-corrected chi connectivity index (χ0v) is 35.9. The molecule has 1 saturated heterocycles. The first-order valence-corrected chi connectivity index (χ1v) is 22.7. The van der Waals surface area contributed by atoms with Crippen LogP contribution in [0.2, 0.25) is 0 Å². The largest absolute Gasteiger partial charge is 0.504 e. The molecule has 2 fully saturated rings. The van der Waals surface area contributed by atoms with E-state index in [9.17, 15) is 24.9 Å². The number of nitrogens with two attached hydrogens (primary N) is 1. The fraction of sp³-hybridized carbons (Fsp3) is 0.442. The molecule has 7 N–H and O–H groups in total. The van der Waals surface area contributed by atoms with Gasteiger partial charge in [-0.15, -0.1) is 0 Å². The number of hydrogen-bond acceptors (Lipinski definition) is 10. The van der Waals surface area contributed by atoms with Crippen LogP contribution in [-0.2, 0) is 41.7 Å². The third-order valence-corrected chi connectivity index (χ3v) is 13.4. The summed E-state index contributed by atoms with van der Waals surface area (Å²) in [6.07, 6.45) is 17.9. The standard InChI is InChI=1S/C52H64N4O6/c53-51-28-38(19-18-37-12-7-11-36(23-37)17-16-35-9-3-1-4-10-35)41(32-56-51)25-40-27-49(61)50(62-34-58)30-48(40)43(33-57)26-45(60)29-44(59)14-5-2-6-15-47-46-20-22-54-31-42(46)24-39-13-8-21-55-52(39)47/h1,3-4,7-13,23,26-28,30,32,39,42,46-47,52,54-55,57-58,61H,2,5-6,14-22,24-25,29,31,33-34H2,(H2,53,56)/t39-,42+,46-,47-,52+/m1/s1. The maximum atomic E-state index is 13.4. The summed E-state index contributed by atoms with van der Waals surface area (Å²) in [6, 6.07) is 24.6. The number of fused-ring (bicyclic) bond motifs is 2. The number of unbranched alkanes of at least 4 members (excludes halogenated alkanes) is 2. The molecule has 62 heavy (non-hydrogen) atoms. The predicted octanol–water partition coefficient (Wildman–Crippen LogP) is 7.10. The molecular weight excluding hydrogens is 777 g/mol. The summed E-state index contributed by atoms with van der Waals surface area (Å²) >= 11 is 0. The van der Waals surface area contributed by atoms with Crippen molar-refractivity contribution in [3.05, 3.63) is 136 Å². The number of aryl methyl sites for hydroxylation is 4. The van der Waals surface area contributed by atoms with E-state index in [-0.39, 0.29) is 29.3 Å². The summed E-state index contributed by atoms with van der Waals surface area (Å²) in [5, 5.41) is 38.5. The van der Waals surface area contributed by atoms with Gasteiger partial charge in [-0.3, -0.25) is 9.59 Å². The van der Waals surface area contributed by atoms with Crippen LogP contribution < -0.4 is 21.1 Å². The number of carbonyl (C=O) groups excluding carboxylic acids is 2. The van der Waals surface area contributed by atoms with E-state index in [1.807, 2.05) is 12.1 Å². The Morgan fingerprint density at radius 1 is 0.887 bits per heavy atom. The van der Waals surface area contributed by atoms with Crippen molar-refractivity contribution < 1.29 is 29.6 Å². The van der Waals surface area contributed by atoms with Gasteiger partial charge in [0.1, 0.15) is 11.6 Å². The number of aliphatic hydroxyl groups is 2. The van der Waals surface area contributed by atoms with Gasteiger partial charge in [0.05, 0.1) is 13.0 Å². The fourth-order valence-electron chi connectivity index (χ4n) is 10.3. The number of hydrogen-bond donors (Lipinski definition) is 6. The van der Waals surface area contributed by atoms with Crippen LogP contribution in [0.5, 0.6) is 11.5 Å². The number of carbonyl (C=O) groups is 2. The number of piperidine rings is 1. The summed E-state index contributed by atoms with van der Waals surface area (Å²) in [6.45, 7) is 1.99. The summed E-state index contributed by atoms with van der Waals surface area (Å²) in [5.74, 6) is 2.43. The van der Waals surface area contributed by atoms with Gasteiger partial charge in [-0.25, -0.2) is 4.98 Å². The SMILES string of the molecule is Nc1cc(CCc2cccc(CCc3ccccc3)c2)c(Cc2cc(O)c(OCO)cc2C(=CC(=O)CC(=O)CCCCC[C@@H]2[C@@H]3CCNC[C@@H]3C[C@H]3C=CCN[C@H]23)CO)cn1. The first-order chi connectivity index (χ1) is 30.3. The Labute approximate surface area is 366 Å². The number of aliphatic hydroxyl groups excluding tert-OH is 2. The van der Waals surface area contributed by atoms with E-state index >= 15 is 0 Å². The molecule has 1 aliphatic carbocycles. The van der Waals surface area contributed by atoms with E-state index < -0.39 is 19.2 Å². The van der Waals surface area contributed by atoms with Gasteiger partial charge in [-0.05, 0) is 163 Å². The molecule has 3 aliphatic rings. The van der Waals surface area contributed by atoms with Crippen molar-refractivity contribution in [2.75, 3.05) is 38.8 Å². The first-order valence-electron chi connectivity index (χ1n) is 22.7. The Kier molecular flexibility index (Phi) is 16.1. The lowest BCUT2D eigenvalue weighted by atomic mass is 9.61. The van der Waals surface area contributed by atoms with Crippen molar-refractivity contribution in [2.45, 2.75) is 89.5 Å². The number of benzene rings is 3. The van der Waals surface area contributed by atoms with Crippen LogP contribution in [-0.4, -0.2) is 70.9 Å². The number of ether oxygens (including phenoxy) is 1. The minimum Gasteiger partial charge on any atom is -0.504 e. The molecule has 0 unspecified atom stereocenters. The number of aromatic nitrogens is 1. The minimum atomic E-state index is -0.675. The van der Waals surface area contributed by atoms with Crippen molar-refractivity contribution in [3.63, 3.8) is 0 Å². The van der Waals surface area contributed by atoms with Crippen LogP contribution in [0.15, 0.2) is 97.2 Å². The third kappa shape index (κ3) is 12.1. The second kappa shape index (κ2) is 22.3. The highest BCUT2D eigenvalue weighted by molar-refractivity contribution is 6.07. The molecule has 0 radical (unpaired) electrons. The molecule has 0 bridgehead atoms. The topological polar surface area (TPSA) is 167 Å². The van der Waals surface area contributed by atoms with Gasteiger partial charge in [0.25, 0.3) is 0 Å². The molecule has 3 heterocycles. The molecule has 5 atom stereocenters. The van der Waals surface area contributed by atoms with Crippen molar-refractivity contribution in [3.8, 4) is 11.5 Å². The Hall–Kier alpha value is -5.13. The molecule has 1 aromatic heterocycles. The number of phenols is 1. The van der Waals surface area contributed by atoms with Crippen LogP contribution in [0.1, 0.15) is 90.3 Å². The van der Waals surface area contributed by atoms with Gasteiger partial charge in [0.2, 0.25) is 0 Å². The Balaban J connectivity index is 0.975. The van der Waals surface area contributed by atoms with Crippen LogP contribution in [0.3, 0.4) is 0 Å². The van der Waals surface area contributed by atoms with Gasteiger partial charge in [-0.1, -0.05) is 79.6 Å². The van der Waals surface area contributed by atoms with Gasteiger partial charge in [-0.2, -0.15) is 0 Å². The molecule has 0 amide bonds. The Morgan fingerprint density at radius 3 is 2.48 bits per heavy atom. The number of rotatable bonds is 21. The van der Waals surface area contributed by atoms with Crippen molar-refractivity contribution in [1.29, 1.82) is 0 Å². The number of pyridine rings is 1. The van der Waals surface area contributed by atoms with E-state index in [4.69, 9.17) is 10.5 Å². The number of nitrogens with zero attached hydrogens (tertiary/aromatic N) is 1. The van der Waals surface area contributed by atoms with Crippen LogP contribution in [0, 0.1) is 23.7 Å². The van der Waals surface area contributed by atoms with Crippen molar-refractivity contribution >= 4 is 23.0 Å². The number of nitrogen functional groups attached to an aromatic ring is 1. The third-order valence-electron chi connectivity index (χ3n) is 13.4. The molecule has 3 aromatic carbocycles. The molecule has 7 rings (SSSR count). The zero-order chi connectivity index (χ0) is 43.3. The lowest BCUT2D eigenvalue weighted by Gasteiger charge is -2.50. The van der Waals surface area contributed by atoms with E-state index in [1.165, 1.54) is 47.7 Å². The minimum absolute atomic E-state index is 0.00656. The number of Topliss-reactive ketones (excluding diaryl/α,β-unsaturated/α-hetero) is 1. The van der Waals surface area contributed by atoms with Gasteiger partial charge >= 0.3 is 0 Å². The van der Waals surface area contributed by atoms with Gasteiger partial charge in [0, 0.05) is 25.2 Å². The maximum Gasteiger partial charge on any atom is 0.186 e. The fourth-order valence-corrected chi connectivity index (χ4v) is 10.3. The molecule has 0 spiro atoms. The van der Waals surface area contributed by atoms with Gasteiger partial charge < -0.3 is 36.4 Å². The number of ketones is 2. The lowest BCUT2D eigenvalue weighted by molar-refractivity contribution is -0.124. The van der Waals surface area contributed by atoms with Crippen LogP contribution in [0.4, 0.5) is 5.82 Å². The molecule has 1 saturated carbocycles. The van der Waals surface area contributed by atoms with E-state index in [0.717, 1.165) is 87.5 Å². The second-order valence-corrected chi connectivity index (χ2v) is 17.6. The number of nitrogens with one attached hydrogen (secondary N) is 2. The summed E-state index contributed by atoms with van der Waals surface area (Å²) in [5.41, 5.74) is 13.2. The number of allylic oxidation sites excluding steroid dienone is 1. The highest BCUT2D eigenvalue weighted by Gasteiger charge is 2.44. The van der Waals surface area contributed by atoms with Crippen LogP contribution >= 0.6 is 0 Å². The average Bonchev–Trinajstić information content (AvgIpc) is 3.28. The highest BCUT2D eigenvalue weighted by atomic mass is 16.6. The highest BCUT2D eigenvalue weighted by Crippen LogP contribution is 2.45. The van der Waals surface area contributed by atoms with E-state index in [1.54, 1.807) is 6.20 Å².